The standard InChI is InChI=1S/C11H20O3S/c1-4-6-11(8-15(13)14)9(12)5-7-10(11,2)3/h4-8H2,1-3H3,(H,13,14)/t11-/m1/s1. The molecule has 0 heterocycles. The second-order valence-electron chi connectivity index (χ2n) is 5.10. The first-order valence-corrected chi connectivity index (χ1v) is 6.74. The summed E-state index contributed by atoms with van der Waals surface area (Å²) >= 11 is -1.88. The monoisotopic (exact) mass is 232 g/mol. The molecule has 0 aromatic heterocycles. The number of rotatable bonds is 4. The lowest BCUT2D eigenvalue weighted by molar-refractivity contribution is -0.128. The van der Waals surface area contributed by atoms with E-state index in [9.17, 15) is 9.00 Å². The highest BCUT2D eigenvalue weighted by molar-refractivity contribution is 7.79. The lowest BCUT2D eigenvalue weighted by Crippen LogP contribution is -2.42. The van der Waals surface area contributed by atoms with E-state index in [0.717, 1.165) is 19.3 Å². The Morgan fingerprint density at radius 2 is 2.07 bits per heavy atom. The molecule has 1 saturated carbocycles. The average molecular weight is 232 g/mol. The first-order valence-electron chi connectivity index (χ1n) is 5.46. The van der Waals surface area contributed by atoms with Crippen molar-refractivity contribution in [2.45, 2.75) is 46.5 Å². The van der Waals surface area contributed by atoms with Gasteiger partial charge in [0, 0.05) is 11.8 Å². The summed E-state index contributed by atoms with van der Waals surface area (Å²) in [6.07, 6.45) is 3.00. The smallest absolute Gasteiger partial charge is 0.153 e. The zero-order valence-electron chi connectivity index (χ0n) is 9.71. The van der Waals surface area contributed by atoms with Gasteiger partial charge in [-0.15, -0.1) is 0 Å². The Labute approximate surface area is 93.9 Å². The minimum Gasteiger partial charge on any atom is -0.306 e. The van der Waals surface area contributed by atoms with Gasteiger partial charge >= 0.3 is 0 Å². The quantitative estimate of drug-likeness (QED) is 0.757. The third kappa shape index (κ3) is 2.16. The van der Waals surface area contributed by atoms with E-state index in [1.165, 1.54) is 0 Å². The van der Waals surface area contributed by atoms with E-state index in [1.54, 1.807) is 0 Å². The third-order valence-electron chi connectivity index (χ3n) is 3.85. The molecule has 1 rings (SSSR count). The molecule has 1 N–H and O–H groups in total. The maximum absolute atomic E-state index is 12.0. The molecule has 0 spiro atoms. The van der Waals surface area contributed by atoms with E-state index < -0.39 is 16.5 Å². The molecule has 0 bridgehead atoms. The Balaban J connectivity index is 3.06. The largest absolute Gasteiger partial charge is 0.306 e. The summed E-state index contributed by atoms with van der Waals surface area (Å²) in [5.41, 5.74) is -0.708. The molecule has 4 heteroatoms. The lowest BCUT2D eigenvalue weighted by Gasteiger charge is -2.39. The fraction of sp³-hybridized carbons (Fsp3) is 0.909. The molecular weight excluding hydrogens is 212 g/mol. The van der Waals surface area contributed by atoms with Gasteiger partial charge in [-0.1, -0.05) is 27.2 Å². The molecule has 2 atom stereocenters. The summed E-state index contributed by atoms with van der Waals surface area (Å²) in [6, 6.07) is 0. The topological polar surface area (TPSA) is 54.4 Å². The molecule has 88 valence electrons. The van der Waals surface area contributed by atoms with Crippen LogP contribution in [0.1, 0.15) is 46.5 Å². The Hall–Kier alpha value is -0.220. The van der Waals surface area contributed by atoms with Crippen LogP contribution in [-0.2, 0) is 15.9 Å². The highest BCUT2D eigenvalue weighted by Gasteiger charge is 2.54. The maximum atomic E-state index is 12.0. The van der Waals surface area contributed by atoms with E-state index in [2.05, 4.69) is 0 Å². The van der Waals surface area contributed by atoms with Gasteiger partial charge in [-0.2, -0.15) is 0 Å². The number of Topliss-reactive ketones (excluding diaryl/α,β-unsaturated/α-hetero) is 1. The van der Waals surface area contributed by atoms with E-state index in [0.29, 0.717) is 6.42 Å². The Bertz CT molecular complexity index is 286. The van der Waals surface area contributed by atoms with Crippen LogP contribution < -0.4 is 0 Å². The molecule has 1 fully saturated rings. The number of carbonyl (C=O) groups excluding carboxylic acids is 1. The minimum atomic E-state index is -1.88. The average Bonchev–Trinajstić information content (AvgIpc) is 2.30. The molecule has 0 saturated heterocycles. The predicted octanol–water partition coefficient (Wildman–Crippen LogP) is 2.38. The summed E-state index contributed by atoms with van der Waals surface area (Å²) < 4.78 is 20.1. The van der Waals surface area contributed by atoms with E-state index in [-0.39, 0.29) is 17.0 Å². The van der Waals surface area contributed by atoms with Crippen molar-refractivity contribution in [2.24, 2.45) is 10.8 Å². The van der Waals surface area contributed by atoms with Gasteiger partial charge in [-0.25, -0.2) is 4.21 Å². The van der Waals surface area contributed by atoms with Gasteiger partial charge in [0.1, 0.15) is 5.78 Å². The van der Waals surface area contributed by atoms with Crippen LogP contribution in [0.2, 0.25) is 0 Å². The summed E-state index contributed by atoms with van der Waals surface area (Å²) in [7, 11) is 0. The van der Waals surface area contributed by atoms with Crippen molar-refractivity contribution in [3.8, 4) is 0 Å². The van der Waals surface area contributed by atoms with Crippen molar-refractivity contribution >= 4 is 16.9 Å². The van der Waals surface area contributed by atoms with Crippen molar-refractivity contribution in [1.29, 1.82) is 0 Å². The summed E-state index contributed by atoms with van der Waals surface area (Å²) in [5.74, 6) is 0.281. The number of hydrogen-bond acceptors (Lipinski definition) is 2. The third-order valence-corrected chi connectivity index (χ3v) is 4.59. The fourth-order valence-corrected chi connectivity index (χ4v) is 3.86. The van der Waals surface area contributed by atoms with E-state index in [4.69, 9.17) is 4.55 Å². The molecule has 1 aliphatic rings. The molecule has 0 aromatic carbocycles. The van der Waals surface area contributed by atoms with Gasteiger partial charge in [0.05, 0.1) is 5.75 Å². The molecule has 0 aliphatic heterocycles. The zero-order valence-corrected chi connectivity index (χ0v) is 10.5. The van der Waals surface area contributed by atoms with Gasteiger partial charge in [-0.05, 0) is 18.3 Å². The van der Waals surface area contributed by atoms with Gasteiger partial charge < -0.3 is 4.55 Å². The fourth-order valence-electron chi connectivity index (χ4n) is 2.75. The van der Waals surface area contributed by atoms with E-state index >= 15 is 0 Å². The molecule has 1 aliphatic carbocycles. The molecule has 3 nitrogen and oxygen atoms in total. The Kier molecular flexibility index (Phi) is 3.71. The SMILES string of the molecule is CCC[C@@]1(CS(=O)O)C(=O)CCC1(C)C. The van der Waals surface area contributed by atoms with Crippen LogP contribution >= 0.6 is 0 Å². The minimum absolute atomic E-state index is 0.104. The van der Waals surface area contributed by atoms with Crippen LogP contribution in [-0.4, -0.2) is 20.3 Å². The van der Waals surface area contributed by atoms with Crippen LogP contribution in [0.5, 0.6) is 0 Å². The van der Waals surface area contributed by atoms with Gasteiger partial charge in [-0.3, -0.25) is 4.79 Å². The lowest BCUT2D eigenvalue weighted by atomic mass is 9.66. The second-order valence-corrected chi connectivity index (χ2v) is 6.04. The van der Waals surface area contributed by atoms with E-state index in [1.807, 2.05) is 20.8 Å². The van der Waals surface area contributed by atoms with Crippen LogP contribution in [0.4, 0.5) is 0 Å². The molecular formula is C11H20O3S. The Morgan fingerprint density at radius 1 is 1.47 bits per heavy atom. The second kappa shape index (κ2) is 4.34. The van der Waals surface area contributed by atoms with Gasteiger partial charge in [0.25, 0.3) is 0 Å². The van der Waals surface area contributed by atoms with Crippen molar-refractivity contribution < 1.29 is 13.6 Å². The maximum Gasteiger partial charge on any atom is 0.153 e. The van der Waals surface area contributed by atoms with Crippen molar-refractivity contribution in [3.05, 3.63) is 0 Å². The van der Waals surface area contributed by atoms with Gasteiger partial charge in [0.15, 0.2) is 11.1 Å². The Morgan fingerprint density at radius 3 is 2.40 bits per heavy atom. The number of carbonyl (C=O) groups is 1. The van der Waals surface area contributed by atoms with Crippen LogP contribution in [0.25, 0.3) is 0 Å². The molecule has 0 aromatic rings. The molecule has 15 heavy (non-hydrogen) atoms. The first-order chi connectivity index (χ1) is 6.85. The summed E-state index contributed by atoms with van der Waals surface area (Å²) in [5, 5.41) is 0. The number of ketones is 1. The normalized spacial score (nSPS) is 31.9. The highest BCUT2D eigenvalue weighted by atomic mass is 32.2. The van der Waals surface area contributed by atoms with Crippen molar-refractivity contribution in [1.82, 2.24) is 0 Å². The molecule has 0 amide bonds. The predicted molar refractivity (Wildman–Crippen MR) is 61.0 cm³/mol. The number of hydrogen-bond donors (Lipinski definition) is 1. The summed E-state index contributed by atoms with van der Waals surface area (Å²) in [4.78, 5) is 12.0. The molecule has 1 unspecified atom stereocenters. The molecule has 0 radical (unpaired) electrons. The van der Waals surface area contributed by atoms with Crippen LogP contribution in [0.3, 0.4) is 0 Å². The van der Waals surface area contributed by atoms with Crippen molar-refractivity contribution in [3.63, 3.8) is 0 Å². The van der Waals surface area contributed by atoms with Crippen molar-refractivity contribution in [2.75, 3.05) is 5.75 Å². The first kappa shape index (κ1) is 12.8. The zero-order chi connectivity index (χ0) is 11.7. The highest BCUT2D eigenvalue weighted by Crippen LogP contribution is 2.53. The van der Waals surface area contributed by atoms with Gasteiger partial charge in [0.2, 0.25) is 0 Å². The van der Waals surface area contributed by atoms with Crippen LogP contribution in [0, 0.1) is 10.8 Å². The summed E-state index contributed by atoms with van der Waals surface area (Å²) in [6.45, 7) is 6.10. The van der Waals surface area contributed by atoms with Crippen LogP contribution in [0.15, 0.2) is 0 Å².